The van der Waals surface area contributed by atoms with Crippen LogP contribution in [0.2, 0.25) is 0 Å². The van der Waals surface area contributed by atoms with Gasteiger partial charge in [0.2, 0.25) is 0 Å². The summed E-state index contributed by atoms with van der Waals surface area (Å²) in [5.74, 6) is 0.0692. The Morgan fingerprint density at radius 1 is 1.07 bits per heavy atom. The Morgan fingerprint density at radius 2 is 1.96 bits per heavy atom. The van der Waals surface area contributed by atoms with Gasteiger partial charge in [0.15, 0.2) is 0 Å². The van der Waals surface area contributed by atoms with E-state index in [2.05, 4.69) is 29.0 Å². The minimum absolute atomic E-state index is 0.0692. The molecule has 0 unspecified atom stereocenters. The van der Waals surface area contributed by atoms with Crippen LogP contribution in [0.4, 0.5) is 0 Å². The monoisotopic (exact) mass is 357 g/mol. The molecule has 4 rings (SSSR count). The smallest absolute Gasteiger partial charge is 0.254 e. The van der Waals surface area contributed by atoms with Gasteiger partial charge >= 0.3 is 0 Å². The van der Waals surface area contributed by atoms with E-state index in [0.29, 0.717) is 6.54 Å². The van der Waals surface area contributed by atoms with Crippen molar-refractivity contribution < 1.29 is 4.79 Å². The van der Waals surface area contributed by atoms with Crippen molar-refractivity contribution in [1.82, 2.24) is 14.9 Å². The fourth-order valence-corrected chi connectivity index (χ4v) is 3.39. The largest absolute Gasteiger partial charge is 0.361 e. The third-order valence-corrected chi connectivity index (χ3v) is 4.89. The summed E-state index contributed by atoms with van der Waals surface area (Å²) in [6.07, 6.45) is 5.81. The zero-order chi connectivity index (χ0) is 18.6. The molecule has 1 N–H and O–H groups in total. The van der Waals surface area contributed by atoms with E-state index >= 15 is 0 Å². The second-order valence-electron chi connectivity index (χ2n) is 6.90. The molecule has 0 saturated carbocycles. The second kappa shape index (κ2) is 7.62. The van der Waals surface area contributed by atoms with Crippen molar-refractivity contribution in [3.05, 3.63) is 78.1 Å². The summed E-state index contributed by atoms with van der Waals surface area (Å²) >= 11 is 0. The van der Waals surface area contributed by atoms with Gasteiger partial charge < -0.3 is 9.88 Å². The van der Waals surface area contributed by atoms with Gasteiger partial charge in [0, 0.05) is 47.3 Å². The first-order chi connectivity index (χ1) is 13.2. The van der Waals surface area contributed by atoms with Crippen molar-refractivity contribution in [2.45, 2.75) is 26.3 Å². The average molecular weight is 357 g/mol. The lowest BCUT2D eigenvalue weighted by atomic mass is 10.1. The summed E-state index contributed by atoms with van der Waals surface area (Å²) in [7, 11) is 0. The van der Waals surface area contributed by atoms with E-state index in [4.69, 9.17) is 0 Å². The lowest BCUT2D eigenvalue weighted by molar-refractivity contribution is 0.0741. The molecule has 0 spiro atoms. The molecule has 2 heterocycles. The van der Waals surface area contributed by atoms with Crippen LogP contribution in [-0.2, 0) is 6.54 Å². The van der Waals surface area contributed by atoms with Crippen molar-refractivity contribution in [2.75, 3.05) is 6.54 Å². The zero-order valence-electron chi connectivity index (χ0n) is 15.5. The van der Waals surface area contributed by atoms with Crippen LogP contribution in [-0.4, -0.2) is 27.3 Å². The van der Waals surface area contributed by atoms with Crippen LogP contribution in [0.15, 0.2) is 67.0 Å². The van der Waals surface area contributed by atoms with Crippen molar-refractivity contribution in [3.63, 3.8) is 0 Å². The van der Waals surface area contributed by atoms with E-state index in [1.807, 2.05) is 59.8 Å². The first-order valence-electron chi connectivity index (χ1n) is 9.44. The number of fused-ring (bicyclic) bond motifs is 2. The summed E-state index contributed by atoms with van der Waals surface area (Å²) in [5, 5.41) is 2.16. The van der Waals surface area contributed by atoms with Crippen molar-refractivity contribution in [2.24, 2.45) is 0 Å². The number of pyridine rings is 1. The second-order valence-corrected chi connectivity index (χ2v) is 6.90. The Bertz CT molecular complexity index is 1080. The summed E-state index contributed by atoms with van der Waals surface area (Å²) < 4.78 is 0. The van der Waals surface area contributed by atoms with Crippen LogP contribution in [0.25, 0.3) is 21.8 Å². The molecule has 0 aliphatic heterocycles. The lowest BCUT2D eigenvalue weighted by Gasteiger charge is -2.23. The fraction of sp³-hybridized carbons (Fsp3) is 0.217. The molecular weight excluding hydrogens is 334 g/mol. The van der Waals surface area contributed by atoms with Gasteiger partial charge in [0.1, 0.15) is 0 Å². The van der Waals surface area contributed by atoms with Gasteiger partial charge in [-0.2, -0.15) is 0 Å². The number of rotatable bonds is 6. The quantitative estimate of drug-likeness (QED) is 0.518. The van der Waals surface area contributed by atoms with Gasteiger partial charge in [-0.3, -0.25) is 9.78 Å². The van der Waals surface area contributed by atoms with Gasteiger partial charge in [-0.15, -0.1) is 0 Å². The molecule has 4 aromatic rings. The van der Waals surface area contributed by atoms with Crippen LogP contribution in [0, 0.1) is 0 Å². The number of amides is 1. The minimum atomic E-state index is 0.0692. The molecule has 0 aliphatic carbocycles. The van der Waals surface area contributed by atoms with E-state index in [9.17, 15) is 4.79 Å². The lowest BCUT2D eigenvalue weighted by Crippen LogP contribution is -2.31. The predicted octanol–water partition coefficient (Wildman–Crippen LogP) is 5.16. The normalized spacial score (nSPS) is 11.1. The van der Waals surface area contributed by atoms with Gasteiger partial charge in [-0.1, -0.05) is 31.5 Å². The van der Waals surface area contributed by atoms with Gasteiger partial charge in [0.25, 0.3) is 5.91 Å². The number of H-pyrrole nitrogens is 1. The number of carbonyl (C=O) groups excluding carboxylic acids is 1. The standard InChI is InChI=1S/C23H23N3O/c1-2-3-12-26(16-17-13-18-6-4-5-7-21(18)25-15-17)23(27)20-8-9-22-19(14-20)10-11-24-22/h4-11,13-15,24H,2-3,12,16H2,1H3. The molecule has 4 nitrogen and oxygen atoms in total. The number of hydrogen-bond donors (Lipinski definition) is 1. The topological polar surface area (TPSA) is 49.0 Å². The molecule has 0 fully saturated rings. The number of nitrogens with one attached hydrogen (secondary N) is 1. The fourth-order valence-electron chi connectivity index (χ4n) is 3.39. The van der Waals surface area contributed by atoms with Gasteiger partial charge in [-0.25, -0.2) is 0 Å². The minimum Gasteiger partial charge on any atom is -0.361 e. The van der Waals surface area contributed by atoms with Crippen LogP contribution in [0.1, 0.15) is 35.7 Å². The molecule has 4 heteroatoms. The third kappa shape index (κ3) is 3.70. The molecule has 136 valence electrons. The van der Waals surface area contributed by atoms with E-state index in [0.717, 1.165) is 52.3 Å². The first kappa shape index (κ1) is 17.3. The molecule has 0 aliphatic rings. The molecule has 1 amide bonds. The van der Waals surface area contributed by atoms with Crippen LogP contribution in [0.5, 0.6) is 0 Å². The molecule has 2 aromatic carbocycles. The maximum absolute atomic E-state index is 13.2. The molecule has 0 bridgehead atoms. The van der Waals surface area contributed by atoms with Crippen LogP contribution >= 0.6 is 0 Å². The maximum Gasteiger partial charge on any atom is 0.254 e. The number of para-hydroxylation sites is 1. The number of nitrogens with zero attached hydrogens (tertiary/aromatic N) is 2. The molecular formula is C23H23N3O. The van der Waals surface area contributed by atoms with Crippen molar-refractivity contribution in [3.8, 4) is 0 Å². The highest BCUT2D eigenvalue weighted by Gasteiger charge is 2.17. The highest BCUT2D eigenvalue weighted by Crippen LogP contribution is 2.19. The molecule has 2 aromatic heterocycles. The third-order valence-electron chi connectivity index (χ3n) is 4.89. The Balaban J connectivity index is 1.61. The Kier molecular flexibility index (Phi) is 4.88. The Hall–Kier alpha value is -3.14. The van der Waals surface area contributed by atoms with Crippen molar-refractivity contribution in [1.29, 1.82) is 0 Å². The number of carbonyl (C=O) groups is 1. The highest BCUT2D eigenvalue weighted by atomic mass is 16.2. The van der Waals surface area contributed by atoms with Crippen LogP contribution in [0.3, 0.4) is 0 Å². The molecule has 0 atom stereocenters. The summed E-state index contributed by atoms with van der Waals surface area (Å²) in [6, 6.07) is 18.0. The van der Waals surface area contributed by atoms with E-state index in [1.54, 1.807) is 0 Å². The number of unbranched alkanes of at least 4 members (excludes halogenated alkanes) is 1. The number of aromatic nitrogens is 2. The summed E-state index contributed by atoms with van der Waals surface area (Å²) in [5.41, 5.74) is 3.81. The highest BCUT2D eigenvalue weighted by molar-refractivity contribution is 5.98. The summed E-state index contributed by atoms with van der Waals surface area (Å²) in [6.45, 7) is 3.46. The number of aromatic amines is 1. The maximum atomic E-state index is 13.2. The van der Waals surface area contributed by atoms with Gasteiger partial charge in [-0.05, 0) is 48.4 Å². The van der Waals surface area contributed by atoms with E-state index in [1.165, 1.54) is 0 Å². The van der Waals surface area contributed by atoms with Crippen molar-refractivity contribution >= 4 is 27.7 Å². The molecule has 0 radical (unpaired) electrons. The number of hydrogen-bond acceptors (Lipinski definition) is 2. The molecule has 0 saturated heterocycles. The Morgan fingerprint density at radius 3 is 2.85 bits per heavy atom. The Labute approximate surface area is 158 Å². The van der Waals surface area contributed by atoms with Crippen LogP contribution < -0.4 is 0 Å². The molecule has 27 heavy (non-hydrogen) atoms. The first-order valence-corrected chi connectivity index (χ1v) is 9.44. The SMILES string of the molecule is CCCCN(Cc1cnc2ccccc2c1)C(=O)c1ccc2[nH]ccc2c1. The summed E-state index contributed by atoms with van der Waals surface area (Å²) in [4.78, 5) is 22.8. The zero-order valence-corrected chi connectivity index (χ0v) is 15.5. The van der Waals surface area contributed by atoms with E-state index in [-0.39, 0.29) is 5.91 Å². The van der Waals surface area contributed by atoms with E-state index < -0.39 is 0 Å². The predicted molar refractivity (Wildman–Crippen MR) is 110 cm³/mol. The average Bonchev–Trinajstić information content (AvgIpc) is 3.18. The number of benzene rings is 2. The van der Waals surface area contributed by atoms with Gasteiger partial charge in [0.05, 0.1) is 5.52 Å².